The van der Waals surface area contributed by atoms with Gasteiger partial charge in [-0.25, -0.2) is 18.0 Å². The second-order valence-electron chi connectivity index (χ2n) is 6.05. The van der Waals surface area contributed by atoms with Crippen LogP contribution in [0.15, 0.2) is 36.4 Å². The van der Waals surface area contributed by atoms with Crippen LogP contribution in [0.2, 0.25) is 0 Å². The van der Waals surface area contributed by atoms with Gasteiger partial charge in [-0.2, -0.15) is 0 Å². The summed E-state index contributed by atoms with van der Waals surface area (Å²) >= 11 is 0. The third-order valence-corrected chi connectivity index (χ3v) is 4.17. The first-order valence-electron chi connectivity index (χ1n) is 8.22. The van der Waals surface area contributed by atoms with Gasteiger partial charge in [0.2, 0.25) is 0 Å². The van der Waals surface area contributed by atoms with Gasteiger partial charge in [0, 0.05) is 23.2 Å². The zero-order valence-electron chi connectivity index (χ0n) is 14.0. The van der Waals surface area contributed by atoms with E-state index in [4.69, 9.17) is 0 Å². The van der Waals surface area contributed by atoms with Crippen LogP contribution in [0.25, 0.3) is 22.0 Å². The van der Waals surface area contributed by atoms with Crippen LogP contribution in [0.1, 0.15) is 35.8 Å². The molecule has 1 heterocycles. The highest BCUT2D eigenvalue weighted by Crippen LogP contribution is 2.34. The SMILES string of the molecule is CCCCc1cc(-c2c(F)cc(F)cc2F)c2cc(C(=O)O)ccc2n1. The summed E-state index contributed by atoms with van der Waals surface area (Å²) in [4.78, 5) is 15.7. The molecule has 0 aliphatic rings. The molecule has 0 saturated heterocycles. The van der Waals surface area contributed by atoms with Crippen molar-refractivity contribution < 1.29 is 23.1 Å². The number of aromatic nitrogens is 1. The molecule has 3 aromatic rings. The summed E-state index contributed by atoms with van der Waals surface area (Å²) in [7, 11) is 0. The second-order valence-corrected chi connectivity index (χ2v) is 6.05. The molecule has 0 fully saturated rings. The van der Waals surface area contributed by atoms with Gasteiger partial charge in [-0.1, -0.05) is 13.3 Å². The topological polar surface area (TPSA) is 50.2 Å². The van der Waals surface area contributed by atoms with Crippen molar-refractivity contribution in [2.24, 2.45) is 0 Å². The molecule has 0 saturated carbocycles. The fraction of sp³-hybridized carbons (Fsp3) is 0.200. The largest absolute Gasteiger partial charge is 0.478 e. The average Bonchev–Trinajstić information content (AvgIpc) is 2.58. The maximum atomic E-state index is 14.4. The minimum atomic E-state index is -1.16. The fourth-order valence-electron chi connectivity index (χ4n) is 2.91. The first-order chi connectivity index (χ1) is 12.4. The van der Waals surface area contributed by atoms with Crippen molar-refractivity contribution in [2.75, 3.05) is 0 Å². The number of rotatable bonds is 5. The predicted octanol–water partition coefficient (Wildman–Crippen LogP) is 5.36. The van der Waals surface area contributed by atoms with E-state index in [9.17, 15) is 23.1 Å². The molecule has 1 N–H and O–H groups in total. The van der Waals surface area contributed by atoms with Crippen molar-refractivity contribution >= 4 is 16.9 Å². The second kappa shape index (κ2) is 7.15. The molecule has 0 spiro atoms. The molecule has 0 atom stereocenters. The van der Waals surface area contributed by atoms with E-state index in [1.807, 2.05) is 6.92 Å². The van der Waals surface area contributed by atoms with E-state index in [2.05, 4.69) is 4.98 Å². The minimum Gasteiger partial charge on any atom is -0.478 e. The van der Waals surface area contributed by atoms with Crippen LogP contribution in [0.3, 0.4) is 0 Å². The van der Waals surface area contributed by atoms with Crippen LogP contribution in [0, 0.1) is 17.5 Å². The molecule has 0 unspecified atom stereocenters. The zero-order chi connectivity index (χ0) is 18.8. The van der Waals surface area contributed by atoms with E-state index in [1.54, 1.807) is 6.07 Å². The fourth-order valence-corrected chi connectivity index (χ4v) is 2.91. The standard InChI is InChI=1S/C20H16F3NO2/c1-2-3-4-13-10-15(19-16(22)8-12(21)9-17(19)23)14-7-11(20(25)26)5-6-18(14)24-13/h5-10H,2-4H2,1H3,(H,25,26). The molecule has 2 aromatic carbocycles. The van der Waals surface area contributed by atoms with Gasteiger partial charge in [0.25, 0.3) is 0 Å². The number of aryl methyl sites for hydroxylation is 1. The number of benzene rings is 2. The lowest BCUT2D eigenvalue weighted by atomic mass is 9.96. The Morgan fingerprint density at radius 3 is 2.38 bits per heavy atom. The maximum Gasteiger partial charge on any atom is 0.335 e. The monoisotopic (exact) mass is 359 g/mol. The van der Waals surface area contributed by atoms with E-state index in [1.165, 1.54) is 18.2 Å². The van der Waals surface area contributed by atoms with Crippen LogP contribution >= 0.6 is 0 Å². The minimum absolute atomic E-state index is 0.0233. The lowest BCUT2D eigenvalue weighted by molar-refractivity contribution is 0.0697. The number of hydrogen-bond acceptors (Lipinski definition) is 2. The molecule has 0 bridgehead atoms. The number of pyridine rings is 1. The van der Waals surface area contributed by atoms with Gasteiger partial charge in [0.15, 0.2) is 0 Å². The molecule has 26 heavy (non-hydrogen) atoms. The van der Waals surface area contributed by atoms with Crippen molar-refractivity contribution in [1.82, 2.24) is 4.98 Å². The molecular weight excluding hydrogens is 343 g/mol. The first kappa shape index (κ1) is 17.9. The number of carbonyl (C=O) groups is 1. The summed E-state index contributed by atoms with van der Waals surface area (Å²) in [6.45, 7) is 2.01. The third kappa shape index (κ3) is 3.40. The van der Waals surface area contributed by atoms with Gasteiger partial charge in [-0.05, 0) is 42.7 Å². The Morgan fingerprint density at radius 2 is 1.77 bits per heavy atom. The summed E-state index contributed by atoms with van der Waals surface area (Å²) < 4.78 is 42.0. The van der Waals surface area contributed by atoms with Crippen molar-refractivity contribution in [3.63, 3.8) is 0 Å². The lowest BCUT2D eigenvalue weighted by Crippen LogP contribution is -2.00. The van der Waals surface area contributed by atoms with Crippen molar-refractivity contribution in [3.8, 4) is 11.1 Å². The molecule has 0 aliphatic carbocycles. The van der Waals surface area contributed by atoms with Gasteiger partial charge in [-0.3, -0.25) is 4.98 Å². The number of fused-ring (bicyclic) bond motifs is 1. The molecule has 0 amide bonds. The number of carboxylic acids is 1. The number of carboxylic acid groups (broad SMARTS) is 1. The molecule has 134 valence electrons. The predicted molar refractivity (Wildman–Crippen MR) is 92.6 cm³/mol. The van der Waals surface area contributed by atoms with E-state index < -0.39 is 23.4 Å². The highest BCUT2D eigenvalue weighted by atomic mass is 19.1. The van der Waals surface area contributed by atoms with Crippen molar-refractivity contribution in [3.05, 3.63) is 65.1 Å². The number of hydrogen-bond donors (Lipinski definition) is 1. The summed E-state index contributed by atoms with van der Waals surface area (Å²) in [5.41, 5.74) is 0.824. The van der Waals surface area contributed by atoms with Crippen molar-refractivity contribution in [1.29, 1.82) is 0 Å². The Balaban J connectivity index is 2.33. The molecule has 1 aromatic heterocycles. The maximum absolute atomic E-state index is 14.4. The van der Waals surface area contributed by atoms with Gasteiger partial charge in [0.1, 0.15) is 17.5 Å². The van der Waals surface area contributed by atoms with Crippen LogP contribution in [0.5, 0.6) is 0 Å². The van der Waals surface area contributed by atoms with E-state index in [0.717, 1.165) is 12.8 Å². The van der Waals surface area contributed by atoms with E-state index in [0.29, 0.717) is 35.2 Å². The van der Waals surface area contributed by atoms with Crippen LogP contribution in [0.4, 0.5) is 13.2 Å². The molecule has 3 rings (SSSR count). The highest BCUT2D eigenvalue weighted by Gasteiger charge is 2.18. The first-order valence-corrected chi connectivity index (χ1v) is 8.22. The summed E-state index contributed by atoms with van der Waals surface area (Å²) in [5, 5.41) is 9.50. The number of aromatic carboxylic acids is 1. The summed E-state index contributed by atoms with van der Waals surface area (Å²) in [6, 6.07) is 6.99. The van der Waals surface area contributed by atoms with Crippen LogP contribution < -0.4 is 0 Å². The number of unbranched alkanes of at least 4 members (excludes halogenated alkanes) is 1. The quantitative estimate of drug-likeness (QED) is 0.667. The average molecular weight is 359 g/mol. The molecular formula is C20H16F3NO2. The summed E-state index contributed by atoms with van der Waals surface area (Å²) in [5.74, 6) is -4.26. The molecule has 3 nitrogen and oxygen atoms in total. The lowest BCUT2D eigenvalue weighted by Gasteiger charge is -2.12. The Bertz CT molecular complexity index is 979. The van der Waals surface area contributed by atoms with Gasteiger partial charge in [-0.15, -0.1) is 0 Å². The van der Waals surface area contributed by atoms with Gasteiger partial charge in [0.05, 0.1) is 16.6 Å². The van der Waals surface area contributed by atoms with E-state index >= 15 is 0 Å². The summed E-state index contributed by atoms with van der Waals surface area (Å²) in [6.07, 6.45) is 2.39. The Labute approximate surface area is 148 Å². The smallest absolute Gasteiger partial charge is 0.335 e. The molecule has 0 radical (unpaired) electrons. The number of nitrogens with zero attached hydrogens (tertiary/aromatic N) is 1. The third-order valence-electron chi connectivity index (χ3n) is 4.17. The highest BCUT2D eigenvalue weighted by molar-refractivity contribution is 6.00. The Hall–Kier alpha value is -2.89. The number of halogens is 3. The van der Waals surface area contributed by atoms with Gasteiger partial charge < -0.3 is 5.11 Å². The van der Waals surface area contributed by atoms with Crippen molar-refractivity contribution in [2.45, 2.75) is 26.2 Å². The molecule has 6 heteroatoms. The van der Waals surface area contributed by atoms with Crippen LogP contribution in [-0.4, -0.2) is 16.1 Å². The van der Waals surface area contributed by atoms with Crippen LogP contribution in [-0.2, 0) is 6.42 Å². The molecule has 0 aliphatic heterocycles. The zero-order valence-corrected chi connectivity index (χ0v) is 14.0. The Kier molecular flexibility index (Phi) is 4.93. The van der Waals surface area contributed by atoms with Gasteiger partial charge >= 0.3 is 5.97 Å². The van der Waals surface area contributed by atoms with E-state index in [-0.39, 0.29) is 16.7 Å². The Morgan fingerprint density at radius 1 is 1.08 bits per heavy atom. The normalized spacial score (nSPS) is 11.1.